The molecule has 0 unspecified atom stereocenters. The van der Waals surface area contributed by atoms with E-state index in [1.165, 1.54) is 16.3 Å². The Morgan fingerprint density at radius 3 is 2.70 bits per heavy atom. The maximum atomic E-state index is 12.5. The van der Waals surface area contributed by atoms with E-state index in [-0.39, 0.29) is 11.4 Å². The summed E-state index contributed by atoms with van der Waals surface area (Å²) in [4.78, 5) is 12.5. The smallest absolute Gasteiger partial charge is 0.252 e. The van der Waals surface area contributed by atoms with Crippen LogP contribution in [0.4, 0.5) is 0 Å². The minimum absolute atomic E-state index is 0.00393. The number of carbonyl (C=O) groups is 1. The van der Waals surface area contributed by atoms with Crippen LogP contribution in [0.1, 0.15) is 42.3 Å². The van der Waals surface area contributed by atoms with Crippen molar-refractivity contribution in [3.8, 4) is 0 Å². The highest BCUT2D eigenvalue weighted by Crippen LogP contribution is 2.31. The summed E-state index contributed by atoms with van der Waals surface area (Å²) in [5, 5.41) is 5.47. The lowest BCUT2D eigenvalue weighted by molar-refractivity contribution is 0.0919. The topological polar surface area (TPSA) is 29.1 Å². The van der Waals surface area contributed by atoms with Gasteiger partial charge in [-0.1, -0.05) is 36.4 Å². The summed E-state index contributed by atoms with van der Waals surface area (Å²) in [6, 6.07) is 10.3. The first-order valence-electron chi connectivity index (χ1n) is 6.99. The van der Waals surface area contributed by atoms with Crippen LogP contribution in [0.25, 0.3) is 16.8 Å². The number of hydrogen-bond acceptors (Lipinski definition) is 1. The van der Waals surface area contributed by atoms with E-state index in [1.807, 2.05) is 32.9 Å². The molecule has 2 aromatic rings. The minimum atomic E-state index is -0.226. The summed E-state index contributed by atoms with van der Waals surface area (Å²) in [6.45, 7) is 6.00. The summed E-state index contributed by atoms with van der Waals surface area (Å²) in [5.74, 6) is -0.00393. The van der Waals surface area contributed by atoms with Gasteiger partial charge in [-0.15, -0.1) is 0 Å². The average Bonchev–Trinajstić information content (AvgIpc) is 2.37. The molecule has 2 nitrogen and oxygen atoms in total. The molecular weight excluding hydrogens is 246 g/mol. The quantitative estimate of drug-likeness (QED) is 0.831. The SMILES string of the molecule is CC(C)(C)NC(=O)c1ccc2cccc3c2c1C=CC3. The number of rotatable bonds is 1. The Morgan fingerprint density at radius 2 is 1.95 bits per heavy atom. The zero-order valence-corrected chi connectivity index (χ0v) is 12.2. The molecule has 0 spiro atoms. The van der Waals surface area contributed by atoms with Crippen LogP contribution in [0, 0.1) is 0 Å². The van der Waals surface area contributed by atoms with Crippen LogP contribution in [-0.2, 0) is 6.42 Å². The molecular formula is C18H19NO. The van der Waals surface area contributed by atoms with Crippen LogP contribution in [0.2, 0.25) is 0 Å². The Balaban J connectivity index is 2.17. The predicted molar refractivity (Wildman–Crippen MR) is 83.9 cm³/mol. The lowest BCUT2D eigenvalue weighted by atomic mass is 9.89. The number of carbonyl (C=O) groups excluding carboxylic acids is 1. The molecule has 0 heterocycles. The van der Waals surface area contributed by atoms with Crippen molar-refractivity contribution >= 4 is 22.8 Å². The van der Waals surface area contributed by atoms with Crippen LogP contribution in [-0.4, -0.2) is 11.4 Å². The second kappa shape index (κ2) is 4.48. The zero-order chi connectivity index (χ0) is 14.3. The third-order valence-corrected chi connectivity index (χ3v) is 3.53. The highest BCUT2D eigenvalue weighted by Gasteiger charge is 2.20. The molecule has 0 bridgehead atoms. The molecule has 2 aromatic carbocycles. The van der Waals surface area contributed by atoms with Crippen LogP contribution < -0.4 is 5.32 Å². The van der Waals surface area contributed by atoms with Crippen molar-refractivity contribution < 1.29 is 4.79 Å². The van der Waals surface area contributed by atoms with E-state index in [9.17, 15) is 4.79 Å². The highest BCUT2D eigenvalue weighted by atomic mass is 16.1. The van der Waals surface area contributed by atoms with Crippen LogP contribution >= 0.6 is 0 Å². The number of allylic oxidation sites excluding steroid dienone is 1. The standard InChI is InChI=1S/C18H19NO/c1-18(2,3)19-17(20)15-11-10-13-7-4-6-12-8-5-9-14(15)16(12)13/h4-7,9-11H,8H2,1-3H3,(H,19,20). The van der Waals surface area contributed by atoms with Gasteiger partial charge >= 0.3 is 0 Å². The van der Waals surface area contributed by atoms with Crippen molar-refractivity contribution in [3.63, 3.8) is 0 Å². The molecule has 1 aliphatic carbocycles. The normalized spacial score (nSPS) is 13.6. The molecule has 102 valence electrons. The van der Waals surface area contributed by atoms with Gasteiger partial charge in [0.2, 0.25) is 0 Å². The number of benzene rings is 2. The fraction of sp³-hybridized carbons (Fsp3) is 0.278. The molecule has 1 amide bonds. The highest BCUT2D eigenvalue weighted by molar-refractivity contribution is 6.06. The van der Waals surface area contributed by atoms with Gasteiger partial charge in [0, 0.05) is 11.1 Å². The maximum Gasteiger partial charge on any atom is 0.252 e. The van der Waals surface area contributed by atoms with Crippen LogP contribution in [0.15, 0.2) is 36.4 Å². The van der Waals surface area contributed by atoms with Crippen molar-refractivity contribution in [2.24, 2.45) is 0 Å². The molecule has 20 heavy (non-hydrogen) atoms. The second-order valence-electron chi connectivity index (χ2n) is 6.35. The van der Waals surface area contributed by atoms with E-state index in [0.717, 1.165) is 17.5 Å². The average molecular weight is 265 g/mol. The summed E-state index contributed by atoms with van der Waals surface area (Å²) >= 11 is 0. The predicted octanol–water partition coefficient (Wildman–Crippen LogP) is 3.94. The fourth-order valence-electron chi connectivity index (χ4n) is 2.74. The Bertz CT molecular complexity index is 720. The lowest BCUT2D eigenvalue weighted by Gasteiger charge is -2.22. The molecule has 0 aromatic heterocycles. The largest absolute Gasteiger partial charge is 0.347 e. The first kappa shape index (κ1) is 12.9. The van der Waals surface area contributed by atoms with E-state index in [1.54, 1.807) is 0 Å². The Hall–Kier alpha value is -2.09. The van der Waals surface area contributed by atoms with Gasteiger partial charge in [0.15, 0.2) is 0 Å². The van der Waals surface area contributed by atoms with Gasteiger partial charge in [0.05, 0.1) is 0 Å². The van der Waals surface area contributed by atoms with Gasteiger partial charge in [-0.25, -0.2) is 0 Å². The Labute approximate surface area is 119 Å². The third-order valence-electron chi connectivity index (χ3n) is 3.53. The zero-order valence-electron chi connectivity index (χ0n) is 12.2. The summed E-state index contributed by atoms with van der Waals surface area (Å²) in [7, 11) is 0. The Kier molecular flexibility index (Phi) is 2.89. The van der Waals surface area contributed by atoms with Gasteiger partial charge in [0.1, 0.15) is 0 Å². The maximum absolute atomic E-state index is 12.5. The molecule has 0 aliphatic heterocycles. The van der Waals surface area contributed by atoms with Crippen molar-refractivity contribution in [1.82, 2.24) is 5.32 Å². The van der Waals surface area contributed by atoms with Crippen molar-refractivity contribution in [2.45, 2.75) is 32.7 Å². The fourth-order valence-corrected chi connectivity index (χ4v) is 2.74. The first-order chi connectivity index (χ1) is 9.46. The van der Waals surface area contributed by atoms with Gasteiger partial charge in [-0.3, -0.25) is 4.79 Å². The van der Waals surface area contributed by atoms with E-state index in [0.29, 0.717) is 0 Å². The molecule has 2 heteroatoms. The molecule has 0 radical (unpaired) electrons. The molecule has 3 rings (SSSR count). The molecule has 0 saturated carbocycles. The lowest BCUT2D eigenvalue weighted by Crippen LogP contribution is -2.40. The van der Waals surface area contributed by atoms with E-state index in [4.69, 9.17) is 0 Å². The van der Waals surface area contributed by atoms with Crippen molar-refractivity contribution in [2.75, 3.05) is 0 Å². The van der Waals surface area contributed by atoms with Gasteiger partial charge in [-0.05, 0) is 55.2 Å². The van der Waals surface area contributed by atoms with E-state index in [2.05, 4.69) is 35.7 Å². The van der Waals surface area contributed by atoms with Gasteiger partial charge < -0.3 is 5.32 Å². The number of nitrogens with one attached hydrogen (secondary N) is 1. The van der Waals surface area contributed by atoms with Crippen LogP contribution in [0.3, 0.4) is 0 Å². The minimum Gasteiger partial charge on any atom is -0.347 e. The molecule has 0 fully saturated rings. The van der Waals surface area contributed by atoms with Crippen LogP contribution in [0.5, 0.6) is 0 Å². The molecule has 0 saturated heterocycles. The molecule has 1 aliphatic rings. The first-order valence-corrected chi connectivity index (χ1v) is 6.99. The summed E-state index contributed by atoms with van der Waals surface area (Å²) < 4.78 is 0. The number of amides is 1. The van der Waals surface area contributed by atoms with Crippen molar-refractivity contribution in [3.05, 3.63) is 53.1 Å². The van der Waals surface area contributed by atoms with Gasteiger partial charge in [0.25, 0.3) is 5.91 Å². The molecule has 0 atom stereocenters. The Morgan fingerprint density at radius 1 is 1.15 bits per heavy atom. The monoisotopic (exact) mass is 265 g/mol. The molecule has 1 N–H and O–H groups in total. The van der Waals surface area contributed by atoms with Crippen molar-refractivity contribution in [1.29, 1.82) is 0 Å². The second-order valence-corrected chi connectivity index (χ2v) is 6.35. The third kappa shape index (κ3) is 2.22. The number of hydrogen-bond donors (Lipinski definition) is 1. The van der Waals surface area contributed by atoms with E-state index < -0.39 is 0 Å². The summed E-state index contributed by atoms with van der Waals surface area (Å²) in [5.41, 5.74) is 2.88. The van der Waals surface area contributed by atoms with Gasteiger partial charge in [-0.2, -0.15) is 0 Å². The van der Waals surface area contributed by atoms with E-state index >= 15 is 0 Å². The summed E-state index contributed by atoms with van der Waals surface area (Å²) in [6.07, 6.45) is 5.15.